The Hall–Kier alpha value is -2.14. The van der Waals surface area contributed by atoms with Crippen molar-refractivity contribution in [3.8, 4) is 0 Å². The van der Waals surface area contributed by atoms with E-state index in [1.54, 1.807) is 31.1 Å². The van der Waals surface area contributed by atoms with E-state index in [2.05, 4.69) is 21.2 Å². The van der Waals surface area contributed by atoms with Gasteiger partial charge in [0.1, 0.15) is 0 Å². The van der Waals surface area contributed by atoms with Gasteiger partial charge in [-0.15, -0.1) is 0 Å². The lowest BCUT2D eigenvalue weighted by molar-refractivity contribution is 0.0784. The molecule has 0 fully saturated rings. The van der Waals surface area contributed by atoms with E-state index in [9.17, 15) is 9.59 Å². The number of nitrogens with zero attached hydrogens (tertiary/aromatic N) is 1. The molecule has 0 aliphatic rings. The number of amides is 2. The van der Waals surface area contributed by atoms with Crippen LogP contribution < -0.4 is 5.32 Å². The number of aryl methyl sites for hydroxylation is 1. The molecule has 0 aromatic heterocycles. The van der Waals surface area contributed by atoms with Crippen LogP contribution >= 0.6 is 15.9 Å². The molecule has 0 atom stereocenters. The summed E-state index contributed by atoms with van der Waals surface area (Å²) in [6.07, 6.45) is 0. The summed E-state index contributed by atoms with van der Waals surface area (Å²) >= 11 is 3.40. The SMILES string of the molecule is CNC(=O)c1ccc(CN(C)C(=O)c2ccc(Br)cc2C)cc1. The summed E-state index contributed by atoms with van der Waals surface area (Å²) in [5.74, 6) is -0.142. The zero-order chi connectivity index (χ0) is 17.0. The summed E-state index contributed by atoms with van der Waals surface area (Å²) in [5, 5.41) is 2.58. The Labute approximate surface area is 144 Å². The van der Waals surface area contributed by atoms with Crippen LogP contribution in [0.15, 0.2) is 46.9 Å². The van der Waals surface area contributed by atoms with E-state index in [1.807, 2.05) is 37.3 Å². The predicted molar refractivity (Wildman–Crippen MR) is 94.5 cm³/mol. The molecular formula is C18H19BrN2O2. The first-order valence-corrected chi connectivity index (χ1v) is 8.04. The minimum atomic E-state index is -0.119. The van der Waals surface area contributed by atoms with Crippen molar-refractivity contribution in [2.75, 3.05) is 14.1 Å². The average molecular weight is 375 g/mol. The van der Waals surface area contributed by atoms with Crippen molar-refractivity contribution in [1.82, 2.24) is 10.2 Å². The smallest absolute Gasteiger partial charge is 0.254 e. The summed E-state index contributed by atoms with van der Waals surface area (Å²) in [6.45, 7) is 2.41. The van der Waals surface area contributed by atoms with Gasteiger partial charge in [-0.1, -0.05) is 28.1 Å². The normalized spacial score (nSPS) is 10.3. The van der Waals surface area contributed by atoms with E-state index in [-0.39, 0.29) is 11.8 Å². The summed E-state index contributed by atoms with van der Waals surface area (Å²) in [6, 6.07) is 12.9. The maximum absolute atomic E-state index is 12.5. The molecule has 2 rings (SSSR count). The van der Waals surface area contributed by atoms with Crippen LogP contribution in [0.2, 0.25) is 0 Å². The Morgan fingerprint density at radius 2 is 1.78 bits per heavy atom. The van der Waals surface area contributed by atoms with Crippen molar-refractivity contribution in [2.24, 2.45) is 0 Å². The molecule has 2 aromatic rings. The van der Waals surface area contributed by atoms with Crippen molar-refractivity contribution in [2.45, 2.75) is 13.5 Å². The standard InChI is InChI=1S/C18H19BrN2O2/c1-12-10-15(19)8-9-16(12)18(23)21(3)11-13-4-6-14(7-5-13)17(22)20-2/h4-10H,11H2,1-3H3,(H,20,22). The topological polar surface area (TPSA) is 49.4 Å². The van der Waals surface area contributed by atoms with Gasteiger partial charge in [-0.3, -0.25) is 9.59 Å². The number of nitrogens with one attached hydrogen (secondary N) is 1. The molecule has 2 amide bonds. The third-order valence-electron chi connectivity index (χ3n) is 3.63. The van der Waals surface area contributed by atoms with Gasteiger partial charge >= 0.3 is 0 Å². The molecule has 0 radical (unpaired) electrons. The Bertz CT molecular complexity index is 726. The molecular weight excluding hydrogens is 356 g/mol. The van der Waals surface area contributed by atoms with E-state index in [4.69, 9.17) is 0 Å². The summed E-state index contributed by atoms with van der Waals surface area (Å²) in [4.78, 5) is 25.7. The van der Waals surface area contributed by atoms with Crippen molar-refractivity contribution < 1.29 is 9.59 Å². The van der Waals surface area contributed by atoms with Crippen LogP contribution in [0.5, 0.6) is 0 Å². The molecule has 0 aliphatic heterocycles. The van der Waals surface area contributed by atoms with Crippen LogP contribution in [-0.4, -0.2) is 30.8 Å². The highest BCUT2D eigenvalue weighted by Gasteiger charge is 2.14. The molecule has 1 N–H and O–H groups in total. The van der Waals surface area contributed by atoms with Crippen LogP contribution in [-0.2, 0) is 6.54 Å². The second kappa shape index (κ2) is 7.42. The van der Waals surface area contributed by atoms with Crippen molar-refractivity contribution in [3.63, 3.8) is 0 Å². The van der Waals surface area contributed by atoms with Crippen LogP contribution in [0.1, 0.15) is 31.8 Å². The fourth-order valence-electron chi connectivity index (χ4n) is 2.32. The van der Waals surface area contributed by atoms with Gasteiger partial charge in [0, 0.05) is 36.2 Å². The average Bonchev–Trinajstić information content (AvgIpc) is 2.54. The number of hydrogen-bond acceptors (Lipinski definition) is 2. The number of benzene rings is 2. The number of carbonyl (C=O) groups is 2. The molecule has 0 spiro atoms. The van der Waals surface area contributed by atoms with Gasteiger partial charge in [-0.25, -0.2) is 0 Å². The first kappa shape index (κ1) is 17.2. The molecule has 2 aromatic carbocycles. The van der Waals surface area contributed by atoms with E-state index in [0.717, 1.165) is 15.6 Å². The molecule has 0 saturated heterocycles. The lowest BCUT2D eigenvalue weighted by Gasteiger charge is -2.19. The largest absolute Gasteiger partial charge is 0.355 e. The highest BCUT2D eigenvalue weighted by Crippen LogP contribution is 2.18. The molecule has 0 bridgehead atoms. The van der Waals surface area contributed by atoms with Gasteiger partial charge < -0.3 is 10.2 Å². The second-order valence-corrected chi connectivity index (χ2v) is 6.31. The highest BCUT2D eigenvalue weighted by molar-refractivity contribution is 9.10. The first-order chi connectivity index (χ1) is 10.9. The van der Waals surface area contributed by atoms with E-state index >= 15 is 0 Å². The van der Waals surface area contributed by atoms with Crippen molar-refractivity contribution in [1.29, 1.82) is 0 Å². The van der Waals surface area contributed by atoms with Gasteiger partial charge in [-0.2, -0.15) is 0 Å². The lowest BCUT2D eigenvalue weighted by atomic mass is 10.1. The van der Waals surface area contributed by atoms with Crippen molar-refractivity contribution in [3.05, 3.63) is 69.2 Å². The monoisotopic (exact) mass is 374 g/mol. The Balaban J connectivity index is 2.10. The quantitative estimate of drug-likeness (QED) is 0.891. The molecule has 120 valence electrons. The van der Waals surface area contributed by atoms with Gasteiger partial charge in [0.05, 0.1) is 0 Å². The third kappa shape index (κ3) is 4.20. The third-order valence-corrected chi connectivity index (χ3v) is 4.12. The van der Waals surface area contributed by atoms with E-state index < -0.39 is 0 Å². The Kier molecular flexibility index (Phi) is 5.55. The van der Waals surface area contributed by atoms with Crippen LogP contribution in [0.25, 0.3) is 0 Å². The number of carbonyl (C=O) groups excluding carboxylic acids is 2. The summed E-state index contributed by atoms with van der Waals surface area (Å²) < 4.78 is 0.957. The molecule has 5 heteroatoms. The van der Waals surface area contributed by atoms with E-state index in [0.29, 0.717) is 17.7 Å². The maximum Gasteiger partial charge on any atom is 0.254 e. The maximum atomic E-state index is 12.5. The number of rotatable bonds is 4. The van der Waals surface area contributed by atoms with Gasteiger partial charge in [0.15, 0.2) is 0 Å². The second-order valence-electron chi connectivity index (χ2n) is 5.40. The van der Waals surface area contributed by atoms with Gasteiger partial charge in [0.25, 0.3) is 11.8 Å². The van der Waals surface area contributed by atoms with Crippen LogP contribution in [0, 0.1) is 6.92 Å². The molecule has 0 saturated carbocycles. The minimum Gasteiger partial charge on any atom is -0.355 e. The molecule has 4 nitrogen and oxygen atoms in total. The fourth-order valence-corrected chi connectivity index (χ4v) is 2.80. The zero-order valence-electron chi connectivity index (χ0n) is 13.4. The van der Waals surface area contributed by atoms with Crippen molar-refractivity contribution >= 4 is 27.7 Å². The van der Waals surface area contributed by atoms with E-state index in [1.165, 1.54) is 0 Å². The van der Waals surface area contributed by atoms with Gasteiger partial charge in [0.2, 0.25) is 0 Å². The molecule has 0 heterocycles. The predicted octanol–water partition coefficient (Wildman–Crippen LogP) is 3.39. The minimum absolute atomic E-state index is 0.0228. The number of hydrogen-bond donors (Lipinski definition) is 1. The first-order valence-electron chi connectivity index (χ1n) is 7.25. The molecule has 23 heavy (non-hydrogen) atoms. The van der Waals surface area contributed by atoms with Crippen LogP contribution in [0.4, 0.5) is 0 Å². The zero-order valence-corrected chi connectivity index (χ0v) is 15.0. The number of halogens is 1. The Morgan fingerprint density at radius 1 is 1.13 bits per heavy atom. The molecule has 0 unspecified atom stereocenters. The lowest BCUT2D eigenvalue weighted by Crippen LogP contribution is -2.27. The van der Waals surface area contributed by atoms with Gasteiger partial charge in [-0.05, 0) is 48.4 Å². The molecule has 0 aliphatic carbocycles. The fraction of sp³-hybridized carbons (Fsp3) is 0.222. The summed E-state index contributed by atoms with van der Waals surface area (Å²) in [7, 11) is 3.37. The Morgan fingerprint density at radius 3 is 2.35 bits per heavy atom. The van der Waals surface area contributed by atoms with Crippen LogP contribution in [0.3, 0.4) is 0 Å². The summed E-state index contributed by atoms with van der Waals surface area (Å²) in [5.41, 5.74) is 3.21. The highest BCUT2D eigenvalue weighted by atomic mass is 79.9.